The highest BCUT2D eigenvalue weighted by atomic mass is 16.6. The maximum absolute atomic E-state index is 12.9. The minimum Gasteiger partial charge on any atom is -0.462 e. The van der Waals surface area contributed by atoms with Crippen LogP contribution in [0.5, 0.6) is 0 Å². The molecule has 0 aliphatic rings. The molecule has 0 aromatic rings. The van der Waals surface area contributed by atoms with E-state index in [0.717, 1.165) is 128 Å². The highest BCUT2D eigenvalue weighted by molar-refractivity contribution is 5.71. The molecule has 1 unspecified atom stereocenters. The van der Waals surface area contributed by atoms with Crippen LogP contribution in [0.3, 0.4) is 0 Å². The molecule has 0 radical (unpaired) electrons. The zero-order valence-electron chi connectivity index (χ0n) is 52.0. The van der Waals surface area contributed by atoms with Gasteiger partial charge in [0, 0.05) is 19.3 Å². The lowest BCUT2D eigenvalue weighted by molar-refractivity contribution is -0.166. The predicted octanol–water partition coefficient (Wildman–Crippen LogP) is 22.7. The summed E-state index contributed by atoms with van der Waals surface area (Å²) in [4.78, 5) is 38.3. The second kappa shape index (κ2) is 67.3. The zero-order chi connectivity index (χ0) is 58.5. The molecule has 0 fully saturated rings. The Kier molecular flexibility index (Phi) is 62.9. The number of esters is 3. The molecule has 1 atom stereocenters. The van der Waals surface area contributed by atoms with Crippen molar-refractivity contribution in [3.63, 3.8) is 0 Å². The molecule has 81 heavy (non-hydrogen) atoms. The monoisotopic (exact) mass is 1110 g/mol. The van der Waals surface area contributed by atoms with Gasteiger partial charge in [-0.05, 0) is 141 Å². The van der Waals surface area contributed by atoms with E-state index < -0.39 is 6.10 Å². The van der Waals surface area contributed by atoms with Gasteiger partial charge in [0.2, 0.25) is 0 Å². The lowest BCUT2D eigenvalue weighted by Crippen LogP contribution is -2.30. The van der Waals surface area contributed by atoms with Gasteiger partial charge >= 0.3 is 17.9 Å². The smallest absolute Gasteiger partial charge is 0.306 e. The number of rotatable bonds is 57. The summed E-state index contributed by atoms with van der Waals surface area (Å²) < 4.78 is 16.8. The van der Waals surface area contributed by atoms with Crippen LogP contribution in [0, 0.1) is 0 Å². The van der Waals surface area contributed by atoms with E-state index in [0.29, 0.717) is 19.3 Å². The maximum Gasteiger partial charge on any atom is 0.306 e. The van der Waals surface area contributed by atoms with Gasteiger partial charge in [-0.3, -0.25) is 14.4 Å². The Hall–Kier alpha value is -5.23. The summed E-state index contributed by atoms with van der Waals surface area (Å²) in [7, 11) is 0. The molecule has 454 valence electrons. The Morgan fingerprint density at radius 3 is 0.840 bits per heavy atom. The van der Waals surface area contributed by atoms with Crippen molar-refractivity contribution >= 4 is 17.9 Å². The number of carbonyl (C=O) groups is 3. The van der Waals surface area contributed by atoms with Crippen molar-refractivity contribution in [2.24, 2.45) is 0 Å². The van der Waals surface area contributed by atoms with Gasteiger partial charge in [0.05, 0.1) is 0 Å². The van der Waals surface area contributed by atoms with Crippen molar-refractivity contribution in [1.29, 1.82) is 0 Å². The van der Waals surface area contributed by atoms with Gasteiger partial charge in [-0.25, -0.2) is 0 Å². The topological polar surface area (TPSA) is 78.9 Å². The molecule has 0 saturated heterocycles. The average Bonchev–Trinajstić information content (AvgIpc) is 3.46. The second-order valence-electron chi connectivity index (χ2n) is 20.9. The molecule has 0 aromatic heterocycles. The molecular weight excluding hydrogens is 997 g/mol. The van der Waals surface area contributed by atoms with E-state index in [-0.39, 0.29) is 37.5 Å². The van der Waals surface area contributed by atoms with Gasteiger partial charge in [0.25, 0.3) is 0 Å². The number of allylic oxidation sites excluding steroid dienone is 28. The van der Waals surface area contributed by atoms with Crippen molar-refractivity contribution in [2.75, 3.05) is 13.2 Å². The molecule has 0 spiro atoms. The summed E-state index contributed by atoms with van der Waals surface area (Å²) in [6.07, 6.45) is 99.5. The Labute approximate surface area is 498 Å². The van der Waals surface area contributed by atoms with Crippen molar-refractivity contribution in [2.45, 2.75) is 271 Å². The fraction of sp³-hybridized carbons (Fsp3) is 0.587. The van der Waals surface area contributed by atoms with Crippen LogP contribution < -0.4 is 0 Å². The van der Waals surface area contributed by atoms with Gasteiger partial charge in [-0.2, -0.15) is 0 Å². The molecule has 6 nitrogen and oxygen atoms in total. The van der Waals surface area contributed by atoms with E-state index in [1.807, 2.05) is 12.2 Å². The van der Waals surface area contributed by atoms with Gasteiger partial charge in [0.1, 0.15) is 13.2 Å². The fourth-order valence-electron chi connectivity index (χ4n) is 8.38. The molecule has 0 amide bonds. The minimum absolute atomic E-state index is 0.127. The number of ether oxygens (including phenoxy) is 3. The summed E-state index contributed by atoms with van der Waals surface area (Å²) >= 11 is 0. The first-order chi connectivity index (χ1) is 40.0. The van der Waals surface area contributed by atoms with Gasteiger partial charge in [-0.1, -0.05) is 274 Å². The Morgan fingerprint density at radius 2 is 0.506 bits per heavy atom. The van der Waals surface area contributed by atoms with Crippen LogP contribution in [0.1, 0.15) is 265 Å². The van der Waals surface area contributed by atoms with Crippen LogP contribution in [0.4, 0.5) is 0 Å². The van der Waals surface area contributed by atoms with Gasteiger partial charge in [-0.15, -0.1) is 0 Å². The van der Waals surface area contributed by atoms with E-state index >= 15 is 0 Å². The van der Waals surface area contributed by atoms with Crippen molar-refractivity contribution in [1.82, 2.24) is 0 Å². The molecule has 0 rings (SSSR count). The number of hydrogen-bond acceptors (Lipinski definition) is 6. The number of unbranched alkanes of at least 4 members (excludes halogenated alkanes) is 18. The fourth-order valence-corrected chi connectivity index (χ4v) is 8.38. The SMILES string of the molecule is CC/C=C\C/C=C\C/C=C\C/C=C\C/C=C\C/C=C\C/C=C\CCCCCC(=O)OCC(COC(=O)CC/C=C\C/C=C\C/C=C\C/C=C\CC)OC(=O)CCCCCCCCCCCC/C=C\C/C=C\C/C=C\CCCCCCC. The van der Waals surface area contributed by atoms with Crippen LogP contribution >= 0.6 is 0 Å². The van der Waals surface area contributed by atoms with Gasteiger partial charge in [0.15, 0.2) is 6.10 Å². The molecule has 0 heterocycles. The predicted molar refractivity (Wildman–Crippen MR) is 352 cm³/mol. The summed E-state index contributed by atoms with van der Waals surface area (Å²) in [6, 6.07) is 0. The lowest BCUT2D eigenvalue weighted by atomic mass is 10.0. The summed E-state index contributed by atoms with van der Waals surface area (Å²) in [5.41, 5.74) is 0. The van der Waals surface area contributed by atoms with Crippen LogP contribution in [0.15, 0.2) is 170 Å². The zero-order valence-corrected chi connectivity index (χ0v) is 52.0. The highest BCUT2D eigenvalue weighted by Gasteiger charge is 2.19. The first-order valence-electron chi connectivity index (χ1n) is 32.6. The third kappa shape index (κ3) is 65.5. The minimum atomic E-state index is -0.834. The molecule has 0 N–H and O–H groups in total. The first-order valence-corrected chi connectivity index (χ1v) is 32.6. The number of carbonyl (C=O) groups excluding carboxylic acids is 3. The number of hydrogen-bond donors (Lipinski definition) is 0. The van der Waals surface area contributed by atoms with E-state index in [9.17, 15) is 14.4 Å². The normalized spacial score (nSPS) is 13.3. The lowest BCUT2D eigenvalue weighted by Gasteiger charge is -2.18. The Balaban J connectivity index is 4.47. The third-order valence-corrected chi connectivity index (χ3v) is 13.2. The Morgan fingerprint density at radius 1 is 0.259 bits per heavy atom. The van der Waals surface area contributed by atoms with E-state index in [1.54, 1.807) is 0 Å². The van der Waals surface area contributed by atoms with Crippen LogP contribution in [0.25, 0.3) is 0 Å². The summed E-state index contributed by atoms with van der Waals surface area (Å²) in [6.45, 7) is 6.30. The van der Waals surface area contributed by atoms with Gasteiger partial charge < -0.3 is 14.2 Å². The highest BCUT2D eigenvalue weighted by Crippen LogP contribution is 2.14. The maximum atomic E-state index is 12.9. The average molecular weight is 1120 g/mol. The van der Waals surface area contributed by atoms with Crippen LogP contribution in [0.2, 0.25) is 0 Å². The van der Waals surface area contributed by atoms with E-state index in [4.69, 9.17) is 14.2 Å². The second-order valence-corrected chi connectivity index (χ2v) is 20.9. The van der Waals surface area contributed by atoms with Crippen molar-refractivity contribution in [3.8, 4) is 0 Å². The molecule has 6 heteroatoms. The molecule has 0 bridgehead atoms. The van der Waals surface area contributed by atoms with E-state index in [1.165, 1.54) is 89.9 Å². The first kappa shape index (κ1) is 75.8. The van der Waals surface area contributed by atoms with Crippen molar-refractivity contribution < 1.29 is 28.6 Å². The summed E-state index contributed by atoms with van der Waals surface area (Å²) in [5.74, 6) is -1.05. The largest absolute Gasteiger partial charge is 0.462 e. The van der Waals surface area contributed by atoms with Crippen LogP contribution in [-0.4, -0.2) is 37.2 Å². The molecule has 0 aromatic carbocycles. The summed E-state index contributed by atoms with van der Waals surface area (Å²) in [5, 5.41) is 0. The van der Waals surface area contributed by atoms with Crippen LogP contribution in [-0.2, 0) is 28.6 Å². The third-order valence-electron chi connectivity index (χ3n) is 13.2. The molecule has 0 saturated carbocycles. The molecular formula is C75H118O6. The quantitative estimate of drug-likeness (QED) is 0.0261. The molecule has 0 aliphatic carbocycles. The molecule has 0 aliphatic heterocycles. The standard InChI is InChI=1S/C75H118O6/c1-4-7-10-13-16-19-22-25-27-29-31-33-35-37-39-41-43-45-47-50-53-56-59-62-65-68-74(77)80-71-72(70-79-73(76)67-64-61-58-55-52-49-24-21-18-15-12-9-6-3)81-75(78)69-66-63-60-57-54-51-48-46-44-42-40-38-36-34-32-30-28-26-23-20-17-14-11-8-5-2/h7,9-10,12,16,18-19,21,23,25-27,30-33,36-39,43,45,49-50,52-53,58,61,72H,4-6,8,11,13-15,17,20,22,24,28-29,34-35,40-42,44,46-48,51,54-57,59-60,62-71H2,1-3H3/b10-7-,12-9-,19-16-,21-18-,26-23-,27-25-,32-30-,33-31-,38-36-,39-37-,45-43-,52-49-,53-50-,61-58-. The Bertz CT molecular complexity index is 1860. The van der Waals surface area contributed by atoms with E-state index in [2.05, 4.69) is 179 Å². The van der Waals surface area contributed by atoms with Crippen molar-refractivity contribution in [3.05, 3.63) is 170 Å².